The molecule has 0 aliphatic heterocycles. The third-order valence-corrected chi connectivity index (χ3v) is 7.37. The molecule has 7 nitrogen and oxygen atoms in total. The minimum atomic E-state index is -3.84. The molecule has 0 radical (unpaired) electrons. The first-order chi connectivity index (χ1) is 17.2. The highest BCUT2D eigenvalue weighted by Crippen LogP contribution is 2.32. The number of rotatable bonds is 5. The van der Waals surface area contributed by atoms with Crippen LogP contribution in [0.2, 0.25) is 5.02 Å². The monoisotopic (exact) mass is 516 g/mol. The number of sulfonamides is 1. The van der Waals surface area contributed by atoms with Crippen LogP contribution in [0, 0.1) is 0 Å². The van der Waals surface area contributed by atoms with Crippen molar-refractivity contribution < 1.29 is 22.8 Å². The first kappa shape index (κ1) is 23.5. The standard InChI is InChI=1S/C27H17ClN2O5S/c28-17-10-14-19(15-11-17)36(34,35)30-18-12-8-16(9-13-18)27(33)29-23-7-3-6-22-24(23)26(32)21-5-2-1-4-20(21)25(22)31/h1-15,30H,(H,29,33). The highest BCUT2D eigenvalue weighted by molar-refractivity contribution is 7.92. The predicted molar refractivity (Wildman–Crippen MR) is 136 cm³/mol. The second-order valence-corrected chi connectivity index (χ2v) is 10.1. The van der Waals surface area contributed by atoms with Gasteiger partial charge in [0.05, 0.1) is 16.1 Å². The first-order valence-electron chi connectivity index (χ1n) is 10.8. The Kier molecular flexibility index (Phi) is 5.91. The molecule has 0 atom stereocenters. The smallest absolute Gasteiger partial charge is 0.261 e. The Hall–Kier alpha value is -4.27. The molecule has 0 fully saturated rings. The maximum atomic E-state index is 13.1. The van der Waals surface area contributed by atoms with E-state index in [1.54, 1.807) is 42.5 Å². The summed E-state index contributed by atoms with van der Waals surface area (Å²) in [6.07, 6.45) is 0. The minimum Gasteiger partial charge on any atom is -0.321 e. The summed E-state index contributed by atoms with van der Waals surface area (Å²) in [5.41, 5.74) is 1.69. The molecule has 0 aromatic heterocycles. The van der Waals surface area contributed by atoms with E-state index in [-0.39, 0.29) is 50.1 Å². The lowest BCUT2D eigenvalue weighted by atomic mass is 9.83. The van der Waals surface area contributed by atoms with Crippen molar-refractivity contribution >= 4 is 50.5 Å². The van der Waals surface area contributed by atoms with Crippen molar-refractivity contribution in [1.82, 2.24) is 0 Å². The fourth-order valence-electron chi connectivity index (χ4n) is 3.96. The predicted octanol–water partition coefficient (Wildman–Crippen LogP) is 5.17. The number of nitrogens with one attached hydrogen (secondary N) is 2. The number of fused-ring (bicyclic) bond motifs is 2. The topological polar surface area (TPSA) is 109 Å². The maximum absolute atomic E-state index is 13.1. The molecule has 2 N–H and O–H groups in total. The molecule has 0 spiro atoms. The van der Waals surface area contributed by atoms with E-state index in [0.717, 1.165) is 0 Å². The maximum Gasteiger partial charge on any atom is 0.261 e. The Bertz CT molecular complexity index is 1650. The molecule has 1 amide bonds. The van der Waals surface area contributed by atoms with Gasteiger partial charge in [0.2, 0.25) is 0 Å². The number of carbonyl (C=O) groups excluding carboxylic acids is 3. The molecule has 0 saturated carbocycles. The van der Waals surface area contributed by atoms with Crippen LogP contribution >= 0.6 is 11.6 Å². The van der Waals surface area contributed by atoms with Gasteiger partial charge in [-0.1, -0.05) is 48.0 Å². The zero-order valence-corrected chi connectivity index (χ0v) is 20.1. The second-order valence-electron chi connectivity index (χ2n) is 8.02. The van der Waals surface area contributed by atoms with Gasteiger partial charge >= 0.3 is 0 Å². The molecule has 0 bridgehead atoms. The summed E-state index contributed by atoms with van der Waals surface area (Å²) in [5.74, 6) is -1.15. The van der Waals surface area contributed by atoms with Crippen molar-refractivity contribution in [2.45, 2.75) is 4.90 Å². The second kappa shape index (κ2) is 9.07. The highest BCUT2D eigenvalue weighted by atomic mass is 35.5. The average Bonchev–Trinajstić information content (AvgIpc) is 2.87. The van der Waals surface area contributed by atoms with Crippen molar-refractivity contribution in [2.24, 2.45) is 0 Å². The van der Waals surface area contributed by atoms with Crippen LogP contribution in [-0.2, 0) is 10.0 Å². The van der Waals surface area contributed by atoms with Gasteiger partial charge in [-0.2, -0.15) is 0 Å². The van der Waals surface area contributed by atoms with Crippen LogP contribution in [0.3, 0.4) is 0 Å². The van der Waals surface area contributed by atoms with Crippen molar-refractivity contribution in [3.8, 4) is 0 Å². The Morgan fingerprint density at radius 1 is 0.694 bits per heavy atom. The molecule has 36 heavy (non-hydrogen) atoms. The van der Waals surface area contributed by atoms with Crippen LogP contribution in [0.1, 0.15) is 42.2 Å². The van der Waals surface area contributed by atoms with Gasteiger partial charge in [0, 0.05) is 33.0 Å². The Labute approximate surface area is 211 Å². The van der Waals surface area contributed by atoms with Crippen LogP contribution in [0.25, 0.3) is 0 Å². The molecule has 178 valence electrons. The van der Waals surface area contributed by atoms with E-state index in [1.807, 2.05) is 0 Å². The summed E-state index contributed by atoms with van der Waals surface area (Å²) >= 11 is 5.82. The number of benzene rings is 4. The number of hydrogen-bond acceptors (Lipinski definition) is 5. The zero-order chi connectivity index (χ0) is 25.4. The average molecular weight is 517 g/mol. The van der Waals surface area contributed by atoms with Gasteiger partial charge in [0.15, 0.2) is 11.6 Å². The lowest BCUT2D eigenvalue weighted by Crippen LogP contribution is -2.23. The van der Waals surface area contributed by atoms with Gasteiger partial charge in [-0.05, 0) is 54.6 Å². The number of anilines is 2. The fourth-order valence-corrected chi connectivity index (χ4v) is 5.15. The van der Waals surface area contributed by atoms with Gasteiger partial charge in [-0.25, -0.2) is 8.42 Å². The summed E-state index contributed by atoms with van der Waals surface area (Å²) in [6, 6.07) is 22.8. The molecular formula is C27H17ClN2O5S. The number of halogens is 1. The molecule has 4 aromatic rings. The summed E-state index contributed by atoms with van der Waals surface area (Å²) < 4.78 is 27.6. The minimum absolute atomic E-state index is 0.0448. The van der Waals surface area contributed by atoms with Crippen LogP contribution in [0.4, 0.5) is 11.4 Å². The molecule has 1 aliphatic rings. The summed E-state index contributed by atoms with van der Waals surface area (Å²) in [4.78, 5) is 39.0. The lowest BCUT2D eigenvalue weighted by molar-refractivity contribution is 0.0978. The van der Waals surface area contributed by atoms with Crippen LogP contribution < -0.4 is 10.0 Å². The number of amides is 1. The van der Waals surface area contributed by atoms with E-state index in [9.17, 15) is 22.8 Å². The molecule has 1 aliphatic carbocycles. The lowest BCUT2D eigenvalue weighted by Gasteiger charge is -2.20. The zero-order valence-electron chi connectivity index (χ0n) is 18.5. The highest BCUT2D eigenvalue weighted by Gasteiger charge is 2.31. The Morgan fingerprint density at radius 3 is 1.97 bits per heavy atom. The molecule has 0 heterocycles. The summed E-state index contributed by atoms with van der Waals surface area (Å²) in [7, 11) is -3.84. The fraction of sp³-hybridized carbons (Fsp3) is 0. The summed E-state index contributed by atoms with van der Waals surface area (Å²) in [6.45, 7) is 0. The van der Waals surface area contributed by atoms with E-state index in [1.165, 1.54) is 48.5 Å². The van der Waals surface area contributed by atoms with Gasteiger partial charge in [0.25, 0.3) is 15.9 Å². The van der Waals surface area contributed by atoms with Crippen LogP contribution in [0.15, 0.2) is 95.9 Å². The van der Waals surface area contributed by atoms with E-state index >= 15 is 0 Å². The Balaban J connectivity index is 1.37. The first-order valence-corrected chi connectivity index (χ1v) is 12.6. The van der Waals surface area contributed by atoms with Crippen molar-refractivity contribution in [1.29, 1.82) is 0 Å². The third-order valence-electron chi connectivity index (χ3n) is 5.72. The van der Waals surface area contributed by atoms with Crippen molar-refractivity contribution in [2.75, 3.05) is 10.0 Å². The number of carbonyl (C=O) groups is 3. The number of ketones is 2. The van der Waals surface area contributed by atoms with Crippen LogP contribution in [-0.4, -0.2) is 25.9 Å². The third kappa shape index (κ3) is 4.28. The normalized spacial score (nSPS) is 12.5. The van der Waals surface area contributed by atoms with Gasteiger partial charge in [-0.3, -0.25) is 19.1 Å². The summed E-state index contributed by atoms with van der Waals surface area (Å²) in [5, 5.41) is 3.12. The molecular weight excluding hydrogens is 500 g/mol. The molecule has 0 saturated heterocycles. The van der Waals surface area contributed by atoms with Crippen LogP contribution in [0.5, 0.6) is 0 Å². The molecule has 9 heteroatoms. The molecule has 0 unspecified atom stereocenters. The van der Waals surface area contributed by atoms with E-state index in [4.69, 9.17) is 11.6 Å². The van der Waals surface area contributed by atoms with Crippen molar-refractivity contribution in [3.05, 3.63) is 124 Å². The van der Waals surface area contributed by atoms with Gasteiger partial charge < -0.3 is 5.32 Å². The van der Waals surface area contributed by atoms with E-state index in [0.29, 0.717) is 10.6 Å². The quantitative estimate of drug-likeness (QED) is 0.335. The van der Waals surface area contributed by atoms with Crippen molar-refractivity contribution in [3.63, 3.8) is 0 Å². The SMILES string of the molecule is O=C(Nc1cccc2c1C(=O)c1ccccc1C2=O)c1ccc(NS(=O)(=O)c2ccc(Cl)cc2)cc1. The Morgan fingerprint density at radius 2 is 1.31 bits per heavy atom. The van der Waals surface area contributed by atoms with Gasteiger partial charge in [-0.15, -0.1) is 0 Å². The molecule has 5 rings (SSSR count). The van der Waals surface area contributed by atoms with E-state index in [2.05, 4.69) is 10.0 Å². The van der Waals surface area contributed by atoms with Gasteiger partial charge in [0.1, 0.15) is 0 Å². The van der Waals surface area contributed by atoms with E-state index < -0.39 is 15.9 Å². The number of hydrogen-bond donors (Lipinski definition) is 2. The molecule has 4 aromatic carbocycles. The largest absolute Gasteiger partial charge is 0.321 e.